The van der Waals surface area contributed by atoms with Gasteiger partial charge in [0.05, 0.1) is 6.54 Å². The van der Waals surface area contributed by atoms with Crippen molar-refractivity contribution in [3.63, 3.8) is 0 Å². The van der Waals surface area contributed by atoms with E-state index in [4.69, 9.17) is 0 Å². The first-order chi connectivity index (χ1) is 15.8. The lowest BCUT2D eigenvalue weighted by molar-refractivity contribution is 0.685. The van der Waals surface area contributed by atoms with Crippen LogP contribution < -0.4 is 10.6 Å². The molecule has 6 nitrogen and oxygen atoms in total. The number of hydrogen-bond donors (Lipinski definition) is 2. The van der Waals surface area contributed by atoms with Gasteiger partial charge in [-0.2, -0.15) is 5.10 Å². The zero-order valence-corrected chi connectivity index (χ0v) is 21.0. The second-order valence-corrected chi connectivity index (χ2v) is 7.54. The molecular weight excluding hydrogens is 523 g/mol. The van der Waals surface area contributed by atoms with Crippen LogP contribution in [0.2, 0.25) is 0 Å². The first-order valence-electron chi connectivity index (χ1n) is 10.8. The van der Waals surface area contributed by atoms with Crippen molar-refractivity contribution in [3.8, 4) is 11.1 Å². The molecule has 170 valence electrons. The van der Waals surface area contributed by atoms with Crippen LogP contribution in [0.3, 0.4) is 0 Å². The lowest BCUT2D eigenvalue weighted by Gasteiger charge is -2.15. The topological polar surface area (TPSA) is 67.1 Å². The van der Waals surface area contributed by atoms with Crippen LogP contribution in [0.25, 0.3) is 11.1 Å². The van der Waals surface area contributed by atoms with E-state index < -0.39 is 0 Å². The van der Waals surface area contributed by atoms with Crippen LogP contribution in [-0.2, 0) is 19.5 Å². The number of aliphatic imine (C=N–C) groups is 1. The Morgan fingerprint density at radius 3 is 2.36 bits per heavy atom. The van der Waals surface area contributed by atoms with Crippen LogP contribution in [-0.4, -0.2) is 34.3 Å². The van der Waals surface area contributed by atoms with Crippen molar-refractivity contribution >= 4 is 29.9 Å². The molecule has 2 N–H and O–H groups in total. The summed E-state index contributed by atoms with van der Waals surface area (Å²) < 4.78 is 1.82. The van der Waals surface area contributed by atoms with Gasteiger partial charge in [-0.15, -0.1) is 24.0 Å². The molecule has 0 bridgehead atoms. The summed E-state index contributed by atoms with van der Waals surface area (Å²) in [5, 5.41) is 11.0. The lowest BCUT2D eigenvalue weighted by Crippen LogP contribution is -2.37. The number of hydrogen-bond acceptors (Lipinski definition) is 3. The average molecular weight is 552 g/mol. The summed E-state index contributed by atoms with van der Waals surface area (Å²) in [6.07, 6.45) is 4.25. The molecule has 1 aromatic heterocycles. The van der Waals surface area contributed by atoms with Crippen molar-refractivity contribution in [3.05, 3.63) is 108 Å². The van der Waals surface area contributed by atoms with Crippen molar-refractivity contribution in [1.82, 2.24) is 25.4 Å². The summed E-state index contributed by atoms with van der Waals surface area (Å²) in [6, 6.07) is 27.6. The van der Waals surface area contributed by atoms with Crippen molar-refractivity contribution in [2.45, 2.75) is 19.5 Å². The minimum absolute atomic E-state index is 0. The largest absolute Gasteiger partial charge is 0.356 e. The molecule has 1 heterocycles. The number of rotatable bonds is 8. The molecule has 0 unspecified atom stereocenters. The molecule has 4 aromatic rings. The fourth-order valence-electron chi connectivity index (χ4n) is 3.62. The Morgan fingerprint density at radius 2 is 1.64 bits per heavy atom. The highest BCUT2D eigenvalue weighted by molar-refractivity contribution is 14.0. The predicted molar refractivity (Wildman–Crippen MR) is 145 cm³/mol. The fourth-order valence-corrected chi connectivity index (χ4v) is 3.62. The molecule has 0 atom stereocenters. The lowest BCUT2D eigenvalue weighted by atomic mass is 9.98. The van der Waals surface area contributed by atoms with Crippen LogP contribution in [0, 0.1) is 0 Å². The van der Waals surface area contributed by atoms with Crippen LogP contribution in [0.15, 0.2) is 96.5 Å². The Hall–Kier alpha value is -3.20. The van der Waals surface area contributed by atoms with E-state index in [1.807, 2.05) is 10.7 Å². The Morgan fingerprint density at radius 1 is 0.879 bits per heavy atom. The zero-order chi connectivity index (χ0) is 22.0. The van der Waals surface area contributed by atoms with Gasteiger partial charge in [-0.25, -0.2) is 9.67 Å². The maximum absolute atomic E-state index is 4.36. The second-order valence-electron chi connectivity index (χ2n) is 7.54. The summed E-state index contributed by atoms with van der Waals surface area (Å²) in [5.74, 6) is 0.805. The van der Waals surface area contributed by atoms with E-state index >= 15 is 0 Å². The minimum atomic E-state index is 0. The van der Waals surface area contributed by atoms with Gasteiger partial charge in [0.1, 0.15) is 12.7 Å². The number of aromatic nitrogens is 3. The summed E-state index contributed by atoms with van der Waals surface area (Å²) in [4.78, 5) is 8.37. The zero-order valence-electron chi connectivity index (χ0n) is 18.7. The van der Waals surface area contributed by atoms with Gasteiger partial charge in [-0.1, -0.05) is 78.9 Å². The third-order valence-corrected chi connectivity index (χ3v) is 5.31. The van der Waals surface area contributed by atoms with Gasteiger partial charge in [0.25, 0.3) is 0 Å². The normalized spacial score (nSPS) is 11.0. The van der Waals surface area contributed by atoms with E-state index in [1.165, 1.54) is 27.8 Å². The molecule has 0 aliphatic heterocycles. The minimum Gasteiger partial charge on any atom is -0.356 e. The third kappa shape index (κ3) is 7.15. The van der Waals surface area contributed by atoms with Crippen LogP contribution in [0.5, 0.6) is 0 Å². The third-order valence-electron chi connectivity index (χ3n) is 5.31. The SMILES string of the molecule is CN=C(NCCc1ccccc1)NCc1ccccc1-c1ccc(Cn2cncn2)cc1.I. The van der Waals surface area contributed by atoms with Gasteiger partial charge in [0.15, 0.2) is 5.96 Å². The molecule has 33 heavy (non-hydrogen) atoms. The van der Waals surface area contributed by atoms with E-state index in [9.17, 15) is 0 Å². The maximum atomic E-state index is 4.36. The molecule has 0 radical (unpaired) electrons. The summed E-state index contributed by atoms with van der Waals surface area (Å²) >= 11 is 0. The first-order valence-corrected chi connectivity index (χ1v) is 10.8. The van der Waals surface area contributed by atoms with E-state index in [0.717, 1.165) is 18.9 Å². The molecular formula is C26H29IN6. The summed E-state index contributed by atoms with van der Waals surface area (Å²) in [5.41, 5.74) is 6.14. The van der Waals surface area contributed by atoms with Gasteiger partial charge in [-0.05, 0) is 34.2 Å². The molecule has 4 rings (SSSR count). The highest BCUT2D eigenvalue weighted by atomic mass is 127. The van der Waals surface area contributed by atoms with Gasteiger partial charge in [0.2, 0.25) is 0 Å². The quantitative estimate of drug-likeness (QED) is 0.192. The Kier molecular flexibility index (Phi) is 9.44. The number of halogens is 1. The molecule has 0 amide bonds. The fraction of sp³-hybridized carbons (Fsp3) is 0.192. The number of benzene rings is 3. The van der Waals surface area contributed by atoms with Crippen molar-refractivity contribution in [1.29, 1.82) is 0 Å². The van der Waals surface area contributed by atoms with Gasteiger partial charge < -0.3 is 10.6 Å². The number of guanidine groups is 1. The van der Waals surface area contributed by atoms with Crippen LogP contribution >= 0.6 is 24.0 Å². The number of nitrogens with one attached hydrogen (secondary N) is 2. The summed E-state index contributed by atoms with van der Waals surface area (Å²) in [7, 11) is 1.80. The van der Waals surface area contributed by atoms with E-state index in [1.54, 1.807) is 19.7 Å². The van der Waals surface area contributed by atoms with Crippen molar-refractivity contribution in [2.75, 3.05) is 13.6 Å². The monoisotopic (exact) mass is 552 g/mol. The molecule has 3 aromatic carbocycles. The Balaban J connectivity index is 0.00000306. The van der Waals surface area contributed by atoms with E-state index in [0.29, 0.717) is 13.1 Å². The molecule has 0 aliphatic rings. The highest BCUT2D eigenvalue weighted by Crippen LogP contribution is 2.24. The van der Waals surface area contributed by atoms with Gasteiger partial charge >= 0.3 is 0 Å². The molecule has 0 saturated heterocycles. The number of nitrogens with zero attached hydrogens (tertiary/aromatic N) is 4. The maximum Gasteiger partial charge on any atom is 0.191 e. The first kappa shape index (κ1) is 24.4. The van der Waals surface area contributed by atoms with E-state index in [2.05, 4.69) is 98.5 Å². The highest BCUT2D eigenvalue weighted by Gasteiger charge is 2.06. The van der Waals surface area contributed by atoms with Crippen LogP contribution in [0.4, 0.5) is 0 Å². The van der Waals surface area contributed by atoms with Crippen LogP contribution in [0.1, 0.15) is 16.7 Å². The standard InChI is InChI=1S/C26H28N6.HI/c1-27-26(29-16-15-21-7-3-2-4-8-21)30-17-24-9-5-6-10-25(24)23-13-11-22(12-14-23)18-32-20-28-19-31-32;/h2-14,19-20H,15-18H2,1H3,(H2,27,29,30);1H. The van der Waals surface area contributed by atoms with Crippen molar-refractivity contribution in [2.24, 2.45) is 4.99 Å². The molecule has 7 heteroatoms. The Bertz CT molecular complexity index is 1130. The average Bonchev–Trinajstić information content (AvgIpc) is 3.36. The molecule has 0 saturated carbocycles. The molecule has 0 spiro atoms. The predicted octanol–water partition coefficient (Wildman–Crippen LogP) is 4.52. The molecule has 0 fully saturated rings. The molecule has 0 aliphatic carbocycles. The summed E-state index contributed by atoms with van der Waals surface area (Å²) in [6.45, 7) is 2.24. The van der Waals surface area contributed by atoms with Gasteiger partial charge in [-0.3, -0.25) is 4.99 Å². The van der Waals surface area contributed by atoms with Crippen molar-refractivity contribution < 1.29 is 0 Å². The second kappa shape index (κ2) is 12.7. The van der Waals surface area contributed by atoms with E-state index in [-0.39, 0.29) is 24.0 Å². The smallest absolute Gasteiger partial charge is 0.191 e. The Labute approximate surface area is 212 Å². The van der Waals surface area contributed by atoms with Gasteiger partial charge in [0, 0.05) is 20.1 Å².